The van der Waals surface area contributed by atoms with Gasteiger partial charge in [0.2, 0.25) is 5.91 Å². The van der Waals surface area contributed by atoms with E-state index >= 15 is 0 Å². The molecule has 2 aromatic rings. The van der Waals surface area contributed by atoms with E-state index in [4.69, 9.17) is 9.47 Å². The van der Waals surface area contributed by atoms with Gasteiger partial charge in [-0.05, 0) is 48.5 Å². The van der Waals surface area contributed by atoms with E-state index in [1.807, 2.05) is 49.4 Å². The molecular weight excluding hydrogens is 508 g/mol. The fourth-order valence-corrected chi connectivity index (χ4v) is 4.64. The van der Waals surface area contributed by atoms with Crippen molar-refractivity contribution in [3.63, 3.8) is 0 Å². The summed E-state index contributed by atoms with van der Waals surface area (Å²) in [6.45, 7) is 3.98. The van der Waals surface area contributed by atoms with Crippen LogP contribution in [0.25, 0.3) is 6.08 Å². The molecule has 0 spiro atoms. The third-order valence-corrected chi connectivity index (χ3v) is 6.70. The standard InChI is InChI=1S/C24H23BrN2O5S/c1-16-2-4-17(5-3-16)15-32-20-7-6-19(25)12-18(20)13-21-23(29)27(24(30)33-21)14-22(28)26-8-10-31-11-9-26/h2-7,12-13H,8-11,14-15H2,1H3/b21-13+. The number of carbonyl (C=O) groups is 3. The van der Waals surface area contributed by atoms with Crippen molar-refractivity contribution in [1.29, 1.82) is 0 Å². The molecule has 9 heteroatoms. The average Bonchev–Trinajstić information content (AvgIpc) is 3.07. The van der Waals surface area contributed by atoms with Crippen LogP contribution >= 0.6 is 27.7 Å². The zero-order chi connectivity index (χ0) is 23.4. The van der Waals surface area contributed by atoms with Crippen LogP contribution in [0.5, 0.6) is 5.75 Å². The molecular formula is C24H23BrN2O5S. The quantitative estimate of drug-likeness (QED) is 0.520. The Labute approximate surface area is 204 Å². The molecule has 33 heavy (non-hydrogen) atoms. The Morgan fingerprint density at radius 2 is 1.88 bits per heavy atom. The Morgan fingerprint density at radius 1 is 1.15 bits per heavy atom. The molecule has 7 nitrogen and oxygen atoms in total. The lowest BCUT2D eigenvalue weighted by Crippen LogP contribution is -2.46. The first kappa shape index (κ1) is 23.5. The van der Waals surface area contributed by atoms with Crippen molar-refractivity contribution in [3.05, 3.63) is 68.5 Å². The topological polar surface area (TPSA) is 76.2 Å². The maximum atomic E-state index is 12.9. The molecule has 4 rings (SSSR count). The van der Waals surface area contributed by atoms with Gasteiger partial charge < -0.3 is 14.4 Å². The molecule has 2 saturated heterocycles. The van der Waals surface area contributed by atoms with Crippen molar-refractivity contribution < 1.29 is 23.9 Å². The highest BCUT2D eigenvalue weighted by molar-refractivity contribution is 9.10. The Kier molecular flexibility index (Phi) is 7.52. The molecule has 3 amide bonds. The summed E-state index contributed by atoms with van der Waals surface area (Å²) in [6, 6.07) is 13.6. The second kappa shape index (κ2) is 10.5. The normalized spacial score (nSPS) is 17.7. The molecule has 2 aromatic carbocycles. The Bertz CT molecular complexity index is 1100. The molecule has 2 aliphatic rings. The minimum Gasteiger partial charge on any atom is -0.488 e. The smallest absolute Gasteiger partial charge is 0.294 e. The Balaban J connectivity index is 1.49. The van der Waals surface area contributed by atoms with Crippen molar-refractivity contribution in [2.75, 3.05) is 32.8 Å². The van der Waals surface area contributed by atoms with Crippen LogP contribution in [-0.4, -0.2) is 59.7 Å². The average molecular weight is 531 g/mol. The van der Waals surface area contributed by atoms with E-state index in [0.29, 0.717) is 44.2 Å². The molecule has 172 valence electrons. The summed E-state index contributed by atoms with van der Waals surface area (Å²) in [5.74, 6) is -0.141. The van der Waals surface area contributed by atoms with Gasteiger partial charge in [0, 0.05) is 23.1 Å². The fraction of sp³-hybridized carbons (Fsp3) is 0.292. The summed E-state index contributed by atoms with van der Waals surface area (Å²) < 4.78 is 12.1. The van der Waals surface area contributed by atoms with E-state index in [2.05, 4.69) is 15.9 Å². The maximum Gasteiger partial charge on any atom is 0.294 e. The van der Waals surface area contributed by atoms with E-state index in [9.17, 15) is 14.4 Å². The van der Waals surface area contributed by atoms with Crippen LogP contribution in [0.1, 0.15) is 16.7 Å². The molecule has 2 aliphatic heterocycles. The van der Waals surface area contributed by atoms with Crippen molar-refractivity contribution in [1.82, 2.24) is 9.80 Å². The van der Waals surface area contributed by atoms with Crippen molar-refractivity contribution in [2.45, 2.75) is 13.5 Å². The number of morpholine rings is 1. The molecule has 0 aliphatic carbocycles. The number of aryl methyl sites for hydroxylation is 1. The molecule has 2 heterocycles. The van der Waals surface area contributed by atoms with E-state index in [1.54, 1.807) is 11.0 Å². The molecule has 0 atom stereocenters. The van der Waals surface area contributed by atoms with E-state index < -0.39 is 11.1 Å². The molecule has 0 radical (unpaired) electrons. The number of benzene rings is 2. The number of thioether (sulfide) groups is 1. The molecule has 0 saturated carbocycles. The van der Waals surface area contributed by atoms with E-state index in [-0.39, 0.29) is 17.4 Å². The van der Waals surface area contributed by atoms with Gasteiger partial charge in [0.1, 0.15) is 18.9 Å². The number of nitrogens with zero attached hydrogens (tertiary/aromatic N) is 2. The van der Waals surface area contributed by atoms with E-state index in [1.165, 1.54) is 5.56 Å². The lowest BCUT2D eigenvalue weighted by molar-refractivity contribution is -0.139. The minimum absolute atomic E-state index is 0.257. The zero-order valence-corrected chi connectivity index (χ0v) is 20.5. The van der Waals surface area contributed by atoms with Gasteiger partial charge >= 0.3 is 0 Å². The Morgan fingerprint density at radius 3 is 2.61 bits per heavy atom. The van der Waals surface area contributed by atoms with Crippen LogP contribution in [0, 0.1) is 6.92 Å². The van der Waals surface area contributed by atoms with Crippen molar-refractivity contribution >= 4 is 50.8 Å². The van der Waals surface area contributed by atoms with Gasteiger partial charge in [-0.25, -0.2) is 0 Å². The lowest BCUT2D eigenvalue weighted by Gasteiger charge is -2.28. The van der Waals surface area contributed by atoms with Gasteiger partial charge in [0.25, 0.3) is 11.1 Å². The monoisotopic (exact) mass is 530 g/mol. The van der Waals surface area contributed by atoms with Gasteiger partial charge in [-0.3, -0.25) is 19.3 Å². The highest BCUT2D eigenvalue weighted by atomic mass is 79.9. The zero-order valence-electron chi connectivity index (χ0n) is 18.1. The first-order chi connectivity index (χ1) is 15.9. The lowest BCUT2D eigenvalue weighted by atomic mass is 10.1. The van der Waals surface area contributed by atoms with Crippen LogP contribution in [0.15, 0.2) is 51.8 Å². The SMILES string of the molecule is Cc1ccc(COc2ccc(Br)cc2/C=C2/SC(=O)N(CC(=O)N3CCOCC3)C2=O)cc1. The minimum atomic E-state index is -0.476. The third kappa shape index (κ3) is 5.85. The van der Waals surface area contributed by atoms with Gasteiger partial charge in [-0.2, -0.15) is 0 Å². The highest BCUT2D eigenvalue weighted by Crippen LogP contribution is 2.35. The molecule has 0 unspecified atom stereocenters. The predicted molar refractivity (Wildman–Crippen MR) is 130 cm³/mol. The van der Waals surface area contributed by atoms with Gasteiger partial charge in [0.05, 0.1) is 18.1 Å². The van der Waals surface area contributed by atoms with Crippen LogP contribution in [0.2, 0.25) is 0 Å². The van der Waals surface area contributed by atoms with Crippen molar-refractivity contribution in [2.24, 2.45) is 0 Å². The molecule has 0 aromatic heterocycles. The second-order valence-electron chi connectivity index (χ2n) is 7.72. The van der Waals surface area contributed by atoms with Gasteiger partial charge in [-0.15, -0.1) is 0 Å². The summed E-state index contributed by atoms with van der Waals surface area (Å²) in [6.07, 6.45) is 1.64. The summed E-state index contributed by atoms with van der Waals surface area (Å²) in [7, 11) is 0. The first-order valence-corrected chi connectivity index (χ1v) is 12.1. The first-order valence-electron chi connectivity index (χ1n) is 10.5. The van der Waals surface area contributed by atoms with Crippen LogP contribution in [-0.2, 0) is 20.9 Å². The predicted octanol–water partition coefficient (Wildman–Crippen LogP) is 4.23. The molecule has 2 fully saturated rings. The van der Waals surface area contributed by atoms with Crippen LogP contribution < -0.4 is 4.74 Å². The number of ether oxygens (including phenoxy) is 2. The number of hydrogen-bond acceptors (Lipinski definition) is 6. The van der Waals surface area contributed by atoms with E-state index in [0.717, 1.165) is 26.7 Å². The summed E-state index contributed by atoms with van der Waals surface area (Å²) in [4.78, 5) is 40.8. The molecule has 0 bridgehead atoms. The fourth-order valence-electron chi connectivity index (χ4n) is 3.43. The number of carbonyl (C=O) groups excluding carboxylic acids is 3. The highest BCUT2D eigenvalue weighted by Gasteiger charge is 2.37. The molecule has 0 N–H and O–H groups in total. The Hall–Kier alpha value is -2.62. The number of hydrogen-bond donors (Lipinski definition) is 0. The summed E-state index contributed by atoms with van der Waals surface area (Å²) >= 11 is 4.28. The second-order valence-corrected chi connectivity index (χ2v) is 9.63. The van der Waals surface area contributed by atoms with Crippen LogP contribution in [0.3, 0.4) is 0 Å². The number of rotatable bonds is 6. The maximum absolute atomic E-state index is 12.9. The van der Waals surface area contributed by atoms with Crippen LogP contribution in [0.4, 0.5) is 4.79 Å². The van der Waals surface area contributed by atoms with Gasteiger partial charge in [0.15, 0.2) is 0 Å². The largest absolute Gasteiger partial charge is 0.488 e. The number of imide groups is 1. The summed E-state index contributed by atoms with van der Waals surface area (Å²) in [5, 5.41) is -0.454. The number of amides is 3. The summed E-state index contributed by atoms with van der Waals surface area (Å²) in [5.41, 5.74) is 2.86. The third-order valence-electron chi connectivity index (χ3n) is 5.30. The number of halogens is 1. The van der Waals surface area contributed by atoms with Crippen molar-refractivity contribution in [3.8, 4) is 5.75 Å². The van der Waals surface area contributed by atoms with Gasteiger partial charge in [-0.1, -0.05) is 45.8 Å².